The third kappa shape index (κ3) is 3.86. The Morgan fingerprint density at radius 3 is 2.39 bits per heavy atom. The molecule has 11 heteroatoms. The Labute approximate surface area is 184 Å². The number of amides is 2. The van der Waals surface area contributed by atoms with Crippen molar-refractivity contribution in [2.24, 2.45) is 0 Å². The van der Waals surface area contributed by atoms with Crippen molar-refractivity contribution in [1.82, 2.24) is 15.1 Å². The number of carbonyl (C=O) groups excluding carboxylic acids is 2. The highest BCUT2D eigenvalue weighted by molar-refractivity contribution is 6.32. The van der Waals surface area contributed by atoms with Crippen molar-refractivity contribution < 1.29 is 22.8 Å². The van der Waals surface area contributed by atoms with Crippen LogP contribution in [0.25, 0.3) is 16.9 Å². The highest BCUT2D eigenvalue weighted by Crippen LogP contribution is 2.40. The number of nitrogens with zero attached hydrogens (tertiary/aromatic N) is 3. The minimum atomic E-state index is -5.14. The second-order valence-electron chi connectivity index (χ2n) is 6.63. The van der Waals surface area contributed by atoms with E-state index < -0.39 is 18.0 Å². The van der Waals surface area contributed by atoms with Gasteiger partial charge in [0.25, 0.3) is 5.91 Å². The van der Waals surface area contributed by atoms with Gasteiger partial charge in [-0.2, -0.15) is 18.3 Å². The lowest BCUT2D eigenvalue weighted by Crippen LogP contribution is -2.43. The molecule has 1 aliphatic heterocycles. The minimum absolute atomic E-state index is 0.106. The molecule has 6 nitrogen and oxygen atoms in total. The van der Waals surface area contributed by atoms with Crippen LogP contribution in [0.15, 0.2) is 48.5 Å². The van der Waals surface area contributed by atoms with Gasteiger partial charge in [-0.3, -0.25) is 14.5 Å². The van der Waals surface area contributed by atoms with E-state index >= 15 is 0 Å². The van der Waals surface area contributed by atoms with Gasteiger partial charge in [-0.15, -0.1) is 0 Å². The molecule has 2 amide bonds. The molecular weight excluding hydrogens is 456 g/mol. The maximum absolute atomic E-state index is 13.4. The summed E-state index contributed by atoms with van der Waals surface area (Å²) in [4.78, 5) is 25.4. The van der Waals surface area contributed by atoms with Crippen molar-refractivity contribution >= 4 is 40.7 Å². The summed E-state index contributed by atoms with van der Waals surface area (Å²) in [5.74, 6) is -2.80. The smallest absolute Gasteiger partial charge is 0.349 e. The first-order valence-electron chi connectivity index (χ1n) is 8.99. The number of nitrogens with one attached hydrogen (secondary N) is 1. The molecule has 1 N–H and O–H groups in total. The number of halogens is 5. The zero-order chi connectivity index (χ0) is 22.3. The molecule has 2 heterocycles. The number of alkyl halides is 3. The molecule has 1 aromatic heterocycles. The first-order chi connectivity index (χ1) is 14.7. The van der Waals surface area contributed by atoms with Crippen molar-refractivity contribution in [2.75, 3.05) is 18.0 Å². The molecule has 2 aromatic carbocycles. The molecular formula is C20H13Cl2F3N4O2. The van der Waals surface area contributed by atoms with Gasteiger partial charge in [0.15, 0.2) is 5.69 Å². The van der Waals surface area contributed by atoms with E-state index in [0.29, 0.717) is 21.2 Å². The van der Waals surface area contributed by atoms with Crippen LogP contribution >= 0.6 is 23.2 Å². The highest BCUT2D eigenvalue weighted by atomic mass is 35.5. The Kier molecular flexibility index (Phi) is 5.40. The number of anilines is 1. The van der Waals surface area contributed by atoms with Crippen LogP contribution in [-0.4, -0.2) is 40.9 Å². The number of para-hydroxylation sites is 1. The molecule has 0 saturated heterocycles. The summed E-state index contributed by atoms with van der Waals surface area (Å²) < 4.78 is 41.4. The Morgan fingerprint density at radius 1 is 1.06 bits per heavy atom. The van der Waals surface area contributed by atoms with E-state index in [0.717, 1.165) is 0 Å². The van der Waals surface area contributed by atoms with Crippen LogP contribution in [0, 0.1) is 0 Å². The van der Waals surface area contributed by atoms with Gasteiger partial charge in [0.2, 0.25) is 0 Å². The van der Waals surface area contributed by atoms with Gasteiger partial charge in [0.05, 0.1) is 16.4 Å². The topological polar surface area (TPSA) is 67.2 Å². The lowest BCUT2D eigenvalue weighted by atomic mass is 10.1. The van der Waals surface area contributed by atoms with Crippen molar-refractivity contribution in [3.63, 3.8) is 0 Å². The van der Waals surface area contributed by atoms with Gasteiger partial charge >= 0.3 is 12.1 Å². The fourth-order valence-electron chi connectivity index (χ4n) is 3.32. The van der Waals surface area contributed by atoms with E-state index in [1.165, 1.54) is 4.68 Å². The van der Waals surface area contributed by atoms with Crippen LogP contribution in [0.5, 0.6) is 0 Å². The van der Waals surface area contributed by atoms with Crippen LogP contribution in [0.1, 0.15) is 10.5 Å². The van der Waals surface area contributed by atoms with Crippen LogP contribution in [0.4, 0.5) is 18.9 Å². The normalized spacial score (nSPS) is 14.1. The van der Waals surface area contributed by atoms with E-state index in [-0.39, 0.29) is 35.2 Å². The number of aromatic nitrogens is 2. The zero-order valence-corrected chi connectivity index (χ0v) is 17.1. The first kappa shape index (κ1) is 21.2. The number of fused-ring (bicyclic) bond motifs is 1. The predicted octanol–water partition coefficient (Wildman–Crippen LogP) is 4.48. The summed E-state index contributed by atoms with van der Waals surface area (Å²) >= 11 is 12.3. The summed E-state index contributed by atoms with van der Waals surface area (Å²) in [6.45, 7) is -0.547. The lowest BCUT2D eigenvalue weighted by Gasteiger charge is -2.23. The second-order valence-corrected chi connectivity index (χ2v) is 7.47. The molecule has 1 aliphatic rings. The monoisotopic (exact) mass is 468 g/mol. The van der Waals surface area contributed by atoms with Crippen LogP contribution < -0.4 is 10.2 Å². The Balaban J connectivity index is 2.07. The molecule has 31 heavy (non-hydrogen) atoms. The number of hydrogen-bond acceptors (Lipinski definition) is 3. The largest absolute Gasteiger partial charge is 0.471 e. The standard InChI is InChI=1S/C20H13Cl2F3N4O2/c21-12-7-5-11(6-8-12)16-17-15(27-29(16)14-4-2-1-3-13(14)22)18(30)26-9-10-28(17)19(31)20(23,24)25/h1-8H,9-10H2,(H,26,30). The molecule has 0 bridgehead atoms. The Bertz CT molecular complexity index is 1180. The molecule has 0 saturated carbocycles. The molecule has 3 aromatic rings. The third-order valence-electron chi connectivity index (χ3n) is 4.65. The average Bonchev–Trinajstić information content (AvgIpc) is 3.03. The van der Waals surface area contributed by atoms with Gasteiger partial charge in [0.1, 0.15) is 5.69 Å². The molecule has 160 valence electrons. The summed E-state index contributed by atoms with van der Waals surface area (Å²) in [5, 5.41) is 7.39. The zero-order valence-electron chi connectivity index (χ0n) is 15.6. The summed E-state index contributed by atoms with van der Waals surface area (Å²) in [7, 11) is 0. The van der Waals surface area contributed by atoms with Crippen LogP contribution in [0.2, 0.25) is 10.0 Å². The predicted molar refractivity (Wildman–Crippen MR) is 110 cm³/mol. The highest BCUT2D eigenvalue weighted by Gasteiger charge is 2.46. The van der Waals surface area contributed by atoms with Gasteiger partial charge in [0, 0.05) is 23.7 Å². The Morgan fingerprint density at radius 2 is 1.74 bits per heavy atom. The molecule has 0 aliphatic carbocycles. The molecule has 4 rings (SSSR count). The third-order valence-corrected chi connectivity index (χ3v) is 5.22. The maximum atomic E-state index is 13.4. The molecule has 0 spiro atoms. The SMILES string of the molecule is O=C1NCCN(C(=O)C(F)(F)F)c2c1nn(-c1ccccc1Cl)c2-c1ccc(Cl)cc1. The van der Waals surface area contributed by atoms with Crippen molar-refractivity contribution in [3.8, 4) is 16.9 Å². The fraction of sp³-hybridized carbons (Fsp3) is 0.150. The summed E-state index contributed by atoms with van der Waals surface area (Å²) in [6.07, 6.45) is -5.14. The second kappa shape index (κ2) is 7.90. The van der Waals surface area contributed by atoms with E-state index in [1.54, 1.807) is 48.5 Å². The van der Waals surface area contributed by atoms with Crippen LogP contribution in [0.3, 0.4) is 0 Å². The molecule has 0 fully saturated rings. The quantitative estimate of drug-likeness (QED) is 0.602. The van der Waals surface area contributed by atoms with Crippen LogP contribution in [-0.2, 0) is 4.79 Å². The van der Waals surface area contributed by atoms with E-state index in [1.807, 2.05) is 0 Å². The van der Waals surface area contributed by atoms with Gasteiger partial charge in [-0.05, 0) is 24.3 Å². The number of rotatable bonds is 2. The van der Waals surface area contributed by atoms with Crippen molar-refractivity contribution in [1.29, 1.82) is 0 Å². The fourth-order valence-corrected chi connectivity index (χ4v) is 3.66. The maximum Gasteiger partial charge on any atom is 0.471 e. The molecule has 0 unspecified atom stereocenters. The van der Waals surface area contributed by atoms with Gasteiger partial charge in [-0.1, -0.05) is 47.5 Å². The molecule has 0 atom stereocenters. The summed E-state index contributed by atoms with van der Waals surface area (Å²) in [6, 6.07) is 12.7. The van der Waals surface area contributed by atoms with E-state index in [9.17, 15) is 22.8 Å². The van der Waals surface area contributed by atoms with Crippen molar-refractivity contribution in [3.05, 3.63) is 64.3 Å². The lowest BCUT2D eigenvalue weighted by molar-refractivity contribution is -0.170. The number of benzene rings is 2. The number of carbonyl (C=O) groups is 2. The first-order valence-corrected chi connectivity index (χ1v) is 9.75. The minimum Gasteiger partial charge on any atom is -0.349 e. The van der Waals surface area contributed by atoms with E-state index in [2.05, 4.69) is 10.4 Å². The van der Waals surface area contributed by atoms with E-state index in [4.69, 9.17) is 23.2 Å². The average molecular weight is 469 g/mol. The van der Waals surface area contributed by atoms with Gasteiger partial charge in [-0.25, -0.2) is 4.68 Å². The van der Waals surface area contributed by atoms with Gasteiger partial charge < -0.3 is 5.32 Å². The van der Waals surface area contributed by atoms with Crippen molar-refractivity contribution in [2.45, 2.75) is 6.18 Å². The number of hydrogen-bond donors (Lipinski definition) is 1. The Hall–Kier alpha value is -3.04. The molecule has 0 radical (unpaired) electrons. The summed E-state index contributed by atoms with van der Waals surface area (Å²) in [5.41, 5.74) is 0.260.